The van der Waals surface area contributed by atoms with E-state index in [2.05, 4.69) is 18.6 Å². The van der Waals surface area contributed by atoms with Crippen molar-refractivity contribution in [3.8, 4) is 0 Å². The molecule has 0 aliphatic rings. The maximum absolute atomic E-state index is 12.2. The van der Waals surface area contributed by atoms with E-state index in [4.69, 9.17) is 5.11 Å². The van der Waals surface area contributed by atoms with Crippen LogP contribution in [0.4, 0.5) is 0 Å². The van der Waals surface area contributed by atoms with Gasteiger partial charge in [-0.3, -0.25) is 4.79 Å². The largest absolute Gasteiger partial charge is 0.481 e. The summed E-state index contributed by atoms with van der Waals surface area (Å²) in [7, 11) is -3.68. The summed E-state index contributed by atoms with van der Waals surface area (Å²) < 4.78 is 26.9. The van der Waals surface area contributed by atoms with Crippen molar-refractivity contribution in [2.75, 3.05) is 0 Å². The van der Waals surface area contributed by atoms with Crippen LogP contribution in [0.5, 0.6) is 0 Å². The molecular formula is C15H23NO4S. The number of carboxylic acid groups (broad SMARTS) is 1. The number of carboxylic acids is 1. The third kappa shape index (κ3) is 5.13. The Labute approximate surface area is 126 Å². The summed E-state index contributed by atoms with van der Waals surface area (Å²) in [6.45, 7) is 5.92. The van der Waals surface area contributed by atoms with Gasteiger partial charge in [-0.15, -0.1) is 0 Å². The minimum Gasteiger partial charge on any atom is -0.481 e. The third-order valence-corrected chi connectivity index (χ3v) is 5.14. The Hall–Kier alpha value is -1.40. The first-order valence-corrected chi connectivity index (χ1v) is 8.62. The lowest BCUT2D eigenvalue weighted by atomic mass is 9.99. The zero-order valence-corrected chi connectivity index (χ0v) is 13.5. The van der Waals surface area contributed by atoms with E-state index in [0.717, 1.165) is 12.0 Å². The molecule has 0 amide bonds. The molecule has 1 rings (SSSR count). The molecular weight excluding hydrogens is 290 g/mol. The number of hydrogen-bond donors (Lipinski definition) is 2. The molecule has 1 aromatic rings. The van der Waals surface area contributed by atoms with E-state index < -0.39 is 22.0 Å². The fraction of sp³-hybridized carbons (Fsp3) is 0.533. The Morgan fingerprint density at radius 1 is 1.19 bits per heavy atom. The van der Waals surface area contributed by atoms with Crippen molar-refractivity contribution in [1.29, 1.82) is 0 Å². The van der Waals surface area contributed by atoms with Gasteiger partial charge in [0.05, 0.1) is 11.3 Å². The molecule has 118 valence electrons. The van der Waals surface area contributed by atoms with Crippen LogP contribution in [-0.2, 0) is 14.8 Å². The van der Waals surface area contributed by atoms with Gasteiger partial charge in [0, 0.05) is 6.04 Å². The monoisotopic (exact) mass is 313 g/mol. The predicted octanol–water partition coefficient (Wildman–Crippen LogP) is 2.73. The van der Waals surface area contributed by atoms with Crippen molar-refractivity contribution in [2.45, 2.75) is 56.9 Å². The molecule has 0 saturated carbocycles. The van der Waals surface area contributed by atoms with Gasteiger partial charge in [0.1, 0.15) is 0 Å². The van der Waals surface area contributed by atoms with E-state index >= 15 is 0 Å². The van der Waals surface area contributed by atoms with Crippen LogP contribution in [0.15, 0.2) is 29.2 Å². The molecule has 0 saturated heterocycles. The van der Waals surface area contributed by atoms with Gasteiger partial charge in [-0.25, -0.2) is 13.1 Å². The zero-order chi connectivity index (χ0) is 16.0. The van der Waals surface area contributed by atoms with E-state index in [1.54, 1.807) is 31.2 Å². The average Bonchev–Trinajstić information content (AvgIpc) is 2.45. The smallest absolute Gasteiger partial charge is 0.304 e. The Bertz CT molecular complexity index is 566. The molecule has 2 N–H and O–H groups in total. The van der Waals surface area contributed by atoms with Gasteiger partial charge in [0.15, 0.2) is 0 Å². The Balaban J connectivity index is 2.89. The van der Waals surface area contributed by atoms with E-state index in [0.29, 0.717) is 12.3 Å². The zero-order valence-electron chi connectivity index (χ0n) is 12.7. The topological polar surface area (TPSA) is 83.5 Å². The summed E-state index contributed by atoms with van der Waals surface area (Å²) in [6, 6.07) is 6.15. The number of nitrogens with one attached hydrogen (secondary N) is 1. The number of rotatable bonds is 8. The van der Waals surface area contributed by atoms with E-state index in [9.17, 15) is 13.2 Å². The standard InChI is InChI=1S/C15H23NO4S/c1-4-11(3)12-6-8-14(9-7-12)21(19,20)16-13(5-2)10-15(17)18/h6-9,11,13,16H,4-5,10H2,1-3H3,(H,17,18). The normalized spacial score (nSPS) is 14.6. The highest BCUT2D eigenvalue weighted by molar-refractivity contribution is 7.89. The molecule has 0 heterocycles. The molecule has 0 fully saturated rings. The first kappa shape index (κ1) is 17.7. The van der Waals surface area contributed by atoms with Crippen LogP contribution < -0.4 is 4.72 Å². The van der Waals surface area contributed by atoms with Crippen molar-refractivity contribution >= 4 is 16.0 Å². The lowest BCUT2D eigenvalue weighted by Gasteiger charge is -2.16. The van der Waals surface area contributed by atoms with Crippen LogP contribution in [0.25, 0.3) is 0 Å². The van der Waals surface area contributed by atoms with Gasteiger partial charge in [-0.1, -0.05) is 32.9 Å². The molecule has 0 aromatic heterocycles. The Morgan fingerprint density at radius 2 is 1.76 bits per heavy atom. The molecule has 0 spiro atoms. The molecule has 21 heavy (non-hydrogen) atoms. The van der Waals surface area contributed by atoms with Crippen LogP contribution in [0, 0.1) is 0 Å². The maximum atomic E-state index is 12.2. The summed E-state index contributed by atoms with van der Waals surface area (Å²) in [5.41, 5.74) is 1.09. The molecule has 6 heteroatoms. The molecule has 1 aromatic carbocycles. The lowest BCUT2D eigenvalue weighted by molar-refractivity contribution is -0.137. The molecule has 0 aliphatic heterocycles. The first-order valence-electron chi connectivity index (χ1n) is 7.14. The van der Waals surface area contributed by atoms with Crippen LogP contribution in [0.2, 0.25) is 0 Å². The minimum absolute atomic E-state index is 0.165. The SMILES string of the molecule is CCC(CC(=O)O)NS(=O)(=O)c1ccc(C(C)CC)cc1. The predicted molar refractivity (Wildman–Crippen MR) is 81.8 cm³/mol. The van der Waals surface area contributed by atoms with Crippen LogP contribution in [-0.4, -0.2) is 25.5 Å². The number of carbonyl (C=O) groups is 1. The third-order valence-electron chi connectivity index (χ3n) is 3.61. The number of benzene rings is 1. The fourth-order valence-corrected chi connectivity index (χ4v) is 3.30. The van der Waals surface area contributed by atoms with Crippen molar-refractivity contribution < 1.29 is 18.3 Å². The Morgan fingerprint density at radius 3 is 2.19 bits per heavy atom. The first-order chi connectivity index (χ1) is 9.80. The summed E-state index contributed by atoms with van der Waals surface area (Å²) in [5, 5.41) is 8.77. The summed E-state index contributed by atoms with van der Waals surface area (Å²) in [4.78, 5) is 10.9. The molecule has 2 atom stereocenters. The maximum Gasteiger partial charge on any atom is 0.304 e. The van der Waals surface area contributed by atoms with Gasteiger partial charge in [-0.05, 0) is 36.5 Å². The second-order valence-corrected chi connectivity index (χ2v) is 6.92. The minimum atomic E-state index is -3.68. The summed E-state index contributed by atoms with van der Waals surface area (Å²) >= 11 is 0. The van der Waals surface area contributed by atoms with Gasteiger partial charge in [-0.2, -0.15) is 0 Å². The summed E-state index contributed by atoms with van der Waals surface area (Å²) in [6.07, 6.45) is 1.19. The van der Waals surface area contributed by atoms with Crippen LogP contribution in [0.1, 0.15) is 51.5 Å². The van der Waals surface area contributed by atoms with E-state index in [1.807, 2.05) is 0 Å². The van der Waals surface area contributed by atoms with Gasteiger partial charge in [0.25, 0.3) is 0 Å². The number of hydrogen-bond acceptors (Lipinski definition) is 3. The highest BCUT2D eigenvalue weighted by Crippen LogP contribution is 2.20. The Kier molecular flexibility index (Phi) is 6.36. The molecule has 2 unspecified atom stereocenters. The highest BCUT2D eigenvalue weighted by atomic mass is 32.2. The molecule has 5 nitrogen and oxygen atoms in total. The van der Waals surface area contributed by atoms with Crippen molar-refractivity contribution in [3.63, 3.8) is 0 Å². The fourth-order valence-electron chi connectivity index (χ4n) is 1.98. The lowest BCUT2D eigenvalue weighted by Crippen LogP contribution is -2.36. The number of sulfonamides is 1. The van der Waals surface area contributed by atoms with Crippen molar-refractivity contribution in [3.05, 3.63) is 29.8 Å². The quantitative estimate of drug-likeness (QED) is 0.773. The van der Waals surface area contributed by atoms with Gasteiger partial charge in [0.2, 0.25) is 10.0 Å². The number of aliphatic carboxylic acids is 1. The molecule has 0 aliphatic carbocycles. The second kappa shape index (κ2) is 7.56. The van der Waals surface area contributed by atoms with E-state index in [1.165, 1.54) is 0 Å². The molecule has 0 bridgehead atoms. The molecule has 0 radical (unpaired) electrons. The van der Waals surface area contributed by atoms with E-state index in [-0.39, 0.29) is 11.3 Å². The highest BCUT2D eigenvalue weighted by Gasteiger charge is 2.21. The van der Waals surface area contributed by atoms with Gasteiger partial charge < -0.3 is 5.11 Å². The second-order valence-electron chi connectivity index (χ2n) is 5.20. The summed E-state index contributed by atoms with van der Waals surface area (Å²) in [5.74, 6) is -0.637. The van der Waals surface area contributed by atoms with Crippen LogP contribution >= 0.6 is 0 Å². The van der Waals surface area contributed by atoms with Crippen molar-refractivity contribution in [2.24, 2.45) is 0 Å². The van der Waals surface area contributed by atoms with Crippen molar-refractivity contribution in [1.82, 2.24) is 4.72 Å². The van der Waals surface area contributed by atoms with Crippen LogP contribution in [0.3, 0.4) is 0 Å². The van der Waals surface area contributed by atoms with Gasteiger partial charge >= 0.3 is 5.97 Å². The average molecular weight is 313 g/mol.